The zero-order chi connectivity index (χ0) is 18.7. The molecule has 0 amide bonds. The normalized spacial score (nSPS) is 19.7. The summed E-state index contributed by atoms with van der Waals surface area (Å²) in [5, 5.41) is 9.03. The van der Waals surface area contributed by atoms with Gasteiger partial charge in [-0.15, -0.1) is 0 Å². The Hall–Kier alpha value is -1.47. The van der Waals surface area contributed by atoms with Crippen molar-refractivity contribution in [2.45, 2.75) is 36.5 Å². The third kappa shape index (κ3) is 4.03. The summed E-state index contributed by atoms with van der Waals surface area (Å²) >= 11 is 0. The average Bonchev–Trinajstić information content (AvgIpc) is 2.62. The van der Waals surface area contributed by atoms with Crippen molar-refractivity contribution in [3.05, 3.63) is 24.3 Å². The van der Waals surface area contributed by atoms with Gasteiger partial charge in [-0.3, -0.25) is 0 Å². The lowest BCUT2D eigenvalue weighted by Crippen LogP contribution is -2.39. The third-order valence-corrected chi connectivity index (χ3v) is 8.31. The van der Waals surface area contributed by atoms with Gasteiger partial charge in [0, 0.05) is 26.2 Å². The molecule has 0 aromatic heterocycles. The number of nitriles is 1. The smallest absolute Gasteiger partial charge is 0.207 e. The molecular weight excluding hydrogens is 362 g/mol. The molecule has 1 heterocycles. The molecule has 1 fully saturated rings. The van der Waals surface area contributed by atoms with Crippen LogP contribution in [0.15, 0.2) is 34.1 Å². The topological polar surface area (TPSA) is 98.6 Å². The molecular formula is C16H23N3O4S2. The molecule has 0 radical (unpaired) electrons. The predicted octanol–water partition coefficient (Wildman–Crippen LogP) is 1.64. The van der Waals surface area contributed by atoms with Gasteiger partial charge in [0.1, 0.15) is 0 Å². The van der Waals surface area contributed by atoms with Gasteiger partial charge in [0.2, 0.25) is 20.0 Å². The van der Waals surface area contributed by atoms with E-state index in [0.29, 0.717) is 32.5 Å². The summed E-state index contributed by atoms with van der Waals surface area (Å²) < 4.78 is 53.0. The van der Waals surface area contributed by atoms with Crippen LogP contribution in [0.2, 0.25) is 0 Å². The maximum Gasteiger partial charge on any atom is 0.243 e. The number of hydrogen-bond donors (Lipinski definition) is 0. The van der Waals surface area contributed by atoms with Crippen molar-refractivity contribution < 1.29 is 16.8 Å². The minimum absolute atomic E-state index is 0.0459. The molecule has 0 bridgehead atoms. The highest BCUT2D eigenvalue weighted by Gasteiger charge is 2.30. The lowest BCUT2D eigenvalue weighted by atomic mass is 10.0. The van der Waals surface area contributed by atoms with E-state index in [1.807, 2.05) is 0 Å². The van der Waals surface area contributed by atoms with Crippen LogP contribution in [-0.2, 0) is 20.0 Å². The van der Waals surface area contributed by atoms with Crippen molar-refractivity contribution in [2.24, 2.45) is 5.92 Å². The fourth-order valence-corrected chi connectivity index (χ4v) is 5.89. The first kappa shape index (κ1) is 19.8. The number of rotatable bonds is 6. The molecule has 138 valence electrons. The van der Waals surface area contributed by atoms with Crippen LogP contribution in [0.4, 0.5) is 0 Å². The second-order valence-electron chi connectivity index (χ2n) is 5.89. The predicted molar refractivity (Wildman–Crippen MR) is 93.6 cm³/mol. The highest BCUT2D eigenvalue weighted by Crippen LogP contribution is 2.25. The molecule has 2 rings (SSSR count). The lowest BCUT2D eigenvalue weighted by Gasteiger charge is -2.28. The zero-order valence-corrected chi connectivity index (χ0v) is 16.1. The van der Waals surface area contributed by atoms with Gasteiger partial charge in [-0.1, -0.05) is 13.8 Å². The van der Waals surface area contributed by atoms with Crippen LogP contribution in [-0.4, -0.2) is 51.6 Å². The van der Waals surface area contributed by atoms with Crippen molar-refractivity contribution in [3.8, 4) is 6.07 Å². The first-order valence-electron chi connectivity index (χ1n) is 8.27. The van der Waals surface area contributed by atoms with Crippen LogP contribution in [0.25, 0.3) is 0 Å². The van der Waals surface area contributed by atoms with E-state index >= 15 is 0 Å². The standard InChI is InChI=1S/C16H23N3O4S2/c1-3-18(4-2)24(20,21)15-7-9-16(10-8-15)25(22,23)19-11-5-6-14(12-17)13-19/h7-10,14H,3-6,11,13H2,1-2H3. The minimum Gasteiger partial charge on any atom is -0.207 e. The monoisotopic (exact) mass is 385 g/mol. The molecule has 1 aromatic rings. The van der Waals surface area contributed by atoms with Crippen LogP contribution in [0.1, 0.15) is 26.7 Å². The van der Waals surface area contributed by atoms with Gasteiger partial charge < -0.3 is 0 Å². The number of nitrogens with zero attached hydrogens (tertiary/aromatic N) is 3. The molecule has 0 aliphatic carbocycles. The number of piperidine rings is 1. The van der Waals surface area contributed by atoms with Gasteiger partial charge in [0.25, 0.3) is 0 Å². The van der Waals surface area contributed by atoms with Crippen LogP contribution < -0.4 is 0 Å². The summed E-state index contributed by atoms with van der Waals surface area (Å²) in [6.07, 6.45) is 1.34. The Kier molecular flexibility index (Phi) is 6.21. The molecule has 0 spiro atoms. The van der Waals surface area contributed by atoms with Crippen molar-refractivity contribution in [1.29, 1.82) is 5.26 Å². The Bertz CT molecular complexity index is 838. The van der Waals surface area contributed by atoms with E-state index in [-0.39, 0.29) is 22.3 Å². The van der Waals surface area contributed by atoms with Gasteiger partial charge in [0.05, 0.1) is 21.8 Å². The molecule has 1 aliphatic rings. The molecule has 25 heavy (non-hydrogen) atoms. The highest BCUT2D eigenvalue weighted by atomic mass is 32.2. The van der Waals surface area contributed by atoms with E-state index in [2.05, 4.69) is 6.07 Å². The Morgan fingerprint density at radius 2 is 1.68 bits per heavy atom. The molecule has 7 nitrogen and oxygen atoms in total. The zero-order valence-electron chi connectivity index (χ0n) is 14.4. The molecule has 1 aliphatic heterocycles. The van der Waals surface area contributed by atoms with Gasteiger partial charge >= 0.3 is 0 Å². The van der Waals surface area contributed by atoms with Gasteiger partial charge in [-0.25, -0.2) is 16.8 Å². The van der Waals surface area contributed by atoms with Gasteiger partial charge in [-0.05, 0) is 37.1 Å². The summed E-state index contributed by atoms with van der Waals surface area (Å²) in [5.74, 6) is -0.300. The summed E-state index contributed by atoms with van der Waals surface area (Å²) in [4.78, 5) is 0.119. The van der Waals surface area contributed by atoms with E-state index < -0.39 is 20.0 Å². The fourth-order valence-electron chi connectivity index (χ4n) is 2.91. The van der Waals surface area contributed by atoms with Crippen LogP contribution in [0, 0.1) is 17.2 Å². The number of benzene rings is 1. The Morgan fingerprint density at radius 3 is 2.20 bits per heavy atom. The Labute approximate surface area is 150 Å². The van der Waals surface area contributed by atoms with E-state index in [1.165, 1.54) is 32.9 Å². The van der Waals surface area contributed by atoms with Crippen molar-refractivity contribution in [1.82, 2.24) is 8.61 Å². The number of hydrogen-bond acceptors (Lipinski definition) is 5. The highest BCUT2D eigenvalue weighted by molar-refractivity contribution is 7.89. The Morgan fingerprint density at radius 1 is 1.12 bits per heavy atom. The fraction of sp³-hybridized carbons (Fsp3) is 0.562. The maximum absolute atomic E-state index is 12.7. The first-order valence-corrected chi connectivity index (χ1v) is 11.1. The van der Waals surface area contributed by atoms with Crippen molar-refractivity contribution >= 4 is 20.0 Å². The van der Waals surface area contributed by atoms with E-state index in [4.69, 9.17) is 5.26 Å². The summed E-state index contributed by atoms with van der Waals surface area (Å²) in [5.41, 5.74) is 0. The van der Waals surface area contributed by atoms with E-state index in [0.717, 1.165) is 0 Å². The van der Waals surface area contributed by atoms with Gasteiger partial charge in [-0.2, -0.15) is 13.9 Å². The molecule has 0 N–H and O–H groups in total. The molecule has 1 atom stereocenters. The SMILES string of the molecule is CCN(CC)S(=O)(=O)c1ccc(S(=O)(=O)N2CCCC(C#N)C2)cc1. The summed E-state index contributed by atoms with van der Waals surface area (Å²) in [7, 11) is -7.34. The molecule has 1 aromatic carbocycles. The van der Waals surface area contributed by atoms with Crippen molar-refractivity contribution in [2.75, 3.05) is 26.2 Å². The van der Waals surface area contributed by atoms with E-state index in [1.54, 1.807) is 13.8 Å². The second kappa shape index (κ2) is 7.83. The molecule has 1 saturated heterocycles. The number of sulfonamides is 2. The quantitative estimate of drug-likeness (QED) is 0.741. The van der Waals surface area contributed by atoms with Crippen LogP contribution in [0.3, 0.4) is 0 Å². The minimum atomic E-state index is -3.72. The van der Waals surface area contributed by atoms with E-state index in [9.17, 15) is 16.8 Å². The molecule has 1 unspecified atom stereocenters. The Balaban J connectivity index is 2.29. The van der Waals surface area contributed by atoms with Gasteiger partial charge in [0.15, 0.2) is 0 Å². The van der Waals surface area contributed by atoms with Crippen molar-refractivity contribution in [3.63, 3.8) is 0 Å². The average molecular weight is 386 g/mol. The van der Waals surface area contributed by atoms with Crippen LogP contribution in [0.5, 0.6) is 0 Å². The molecule has 9 heteroatoms. The molecule has 0 saturated carbocycles. The second-order valence-corrected chi connectivity index (χ2v) is 9.77. The lowest BCUT2D eigenvalue weighted by molar-refractivity contribution is 0.305. The largest absolute Gasteiger partial charge is 0.243 e. The third-order valence-electron chi connectivity index (χ3n) is 4.37. The van der Waals surface area contributed by atoms with Crippen LogP contribution >= 0.6 is 0 Å². The summed E-state index contributed by atoms with van der Waals surface area (Å²) in [6.45, 7) is 4.76. The maximum atomic E-state index is 12.7. The first-order chi connectivity index (χ1) is 11.8. The summed E-state index contributed by atoms with van der Waals surface area (Å²) in [6, 6.07) is 7.41.